The zero-order valence-electron chi connectivity index (χ0n) is 17.9. The predicted octanol–water partition coefficient (Wildman–Crippen LogP) is 2.24. The molecule has 0 unspecified atom stereocenters. The topological polar surface area (TPSA) is 81.7 Å². The summed E-state index contributed by atoms with van der Waals surface area (Å²) in [7, 11) is 0. The van der Waals surface area contributed by atoms with Crippen LogP contribution in [0, 0.1) is 5.41 Å². The van der Waals surface area contributed by atoms with E-state index in [1.54, 1.807) is 4.90 Å². The van der Waals surface area contributed by atoms with Crippen molar-refractivity contribution in [3.8, 4) is 0 Å². The summed E-state index contributed by atoms with van der Waals surface area (Å²) in [5.41, 5.74) is 0.689. The number of amides is 2. The van der Waals surface area contributed by atoms with Gasteiger partial charge in [-0.15, -0.1) is 0 Å². The number of β-amino-alcohol motifs (C(OH)–C–C–N with tert-alkyl or cyclic N) is 1. The molecule has 0 aliphatic carbocycles. The average molecular weight is 390 g/mol. The van der Waals surface area contributed by atoms with E-state index < -0.39 is 18.2 Å². The van der Waals surface area contributed by atoms with Crippen molar-refractivity contribution in [2.45, 2.75) is 78.2 Å². The molecule has 1 aliphatic heterocycles. The average Bonchev–Trinajstić information content (AvgIpc) is 3.00. The maximum Gasteiger partial charge on any atom is 0.243 e. The van der Waals surface area contributed by atoms with Gasteiger partial charge in [-0.3, -0.25) is 9.59 Å². The molecule has 28 heavy (non-hydrogen) atoms. The van der Waals surface area contributed by atoms with Gasteiger partial charge in [0.2, 0.25) is 11.8 Å². The normalized spacial score (nSPS) is 22.2. The number of hydrogen-bond acceptors (Lipinski definition) is 4. The van der Waals surface area contributed by atoms with Gasteiger partial charge in [0.25, 0.3) is 0 Å². The summed E-state index contributed by atoms with van der Waals surface area (Å²) in [6, 6.07) is 8.57. The van der Waals surface area contributed by atoms with E-state index in [9.17, 15) is 14.7 Å². The van der Waals surface area contributed by atoms with E-state index in [0.717, 1.165) is 5.56 Å². The van der Waals surface area contributed by atoms with E-state index in [-0.39, 0.29) is 42.3 Å². The van der Waals surface area contributed by atoms with E-state index in [1.807, 2.05) is 71.9 Å². The minimum atomic E-state index is -0.689. The summed E-state index contributed by atoms with van der Waals surface area (Å²) in [6.45, 7) is 12.1. The summed E-state index contributed by atoms with van der Waals surface area (Å²) < 4.78 is 0. The predicted molar refractivity (Wildman–Crippen MR) is 111 cm³/mol. The Hall–Kier alpha value is -1.92. The number of carbonyl (C=O) groups excluding carboxylic acids is 2. The fourth-order valence-corrected chi connectivity index (χ4v) is 3.63. The van der Waals surface area contributed by atoms with Crippen LogP contribution in [-0.4, -0.2) is 52.6 Å². The first-order chi connectivity index (χ1) is 13.0. The van der Waals surface area contributed by atoms with Crippen molar-refractivity contribution >= 4 is 11.8 Å². The molecule has 2 amide bonds. The molecular weight excluding hydrogens is 354 g/mol. The van der Waals surface area contributed by atoms with Gasteiger partial charge < -0.3 is 20.6 Å². The number of hydrogen-bond donors (Lipinski definition) is 3. The Balaban J connectivity index is 2.16. The third-order valence-corrected chi connectivity index (χ3v) is 5.14. The van der Waals surface area contributed by atoms with E-state index in [1.165, 1.54) is 0 Å². The molecule has 0 spiro atoms. The second-order valence-electron chi connectivity index (χ2n) is 9.16. The van der Waals surface area contributed by atoms with Crippen molar-refractivity contribution in [3.63, 3.8) is 0 Å². The second kappa shape index (κ2) is 9.05. The molecule has 156 valence electrons. The molecule has 3 N–H and O–H groups in total. The Morgan fingerprint density at radius 3 is 2.29 bits per heavy atom. The van der Waals surface area contributed by atoms with Crippen LogP contribution in [0.2, 0.25) is 0 Å². The number of benzene rings is 1. The summed E-state index contributed by atoms with van der Waals surface area (Å²) in [5, 5.41) is 16.5. The van der Waals surface area contributed by atoms with Crippen molar-refractivity contribution in [1.29, 1.82) is 0 Å². The van der Waals surface area contributed by atoms with Crippen molar-refractivity contribution < 1.29 is 14.7 Å². The SMILES string of the molecule is CC(C)N[C@H](C(=O)N1C[C@H](O)C[C@H]1C(=O)N[C@@H](C)c1ccccc1)C(C)(C)C. The highest BCUT2D eigenvalue weighted by atomic mass is 16.3. The highest BCUT2D eigenvalue weighted by Crippen LogP contribution is 2.27. The third kappa shape index (κ3) is 5.55. The molecular formula is C22H35N3O3. The molecule has 0 radical (unpaired) electrons. The van der Waals surface area contributed by atoms with E-state index in [4.69, 9.17) is 0 Å². The van der Waals surface area contributed by atoms with Crippen LogP contribution in [0.3, 0.4) is 0 Å². The zero-order valence-corrected chi connectivity index (χ0v) is 17.9. The largest absolute Gasteiger partial charge is 0.391 e. The van der Waals surface area contributed by atoms with Crippen LogP contribution < -0.4 is 10.6 Å². The van der Waals surface area contributed by atoms with Gasteiger partial charge in [0.15, 0.2) is 0 Å². The molecule has 0 saturated carbocycles. The Kier molecular flexibility index (Phi) is 7.23. The Morgan fingerprint density at radius 1 is 1.14 bits per heavy atom. The second-order valence-corrected chi connectivity index (χ2v) is 9.16. The molecule has 4 atom stereocenters. The standard InChI is InChI=1S/C22H35N3O3/c1-14(2)23-19(22(4,5)6)21(28)25-13-17(26)12-18(25)20(27)24-15(3)16-10-8-7-9-11-16/h7-11,14-15,17-19,23,26H,12-13H2,1-6H3,(H,24,27)/t15-,17+,18-,19+/m0/s1. The molecule has 2 rings (SSSR count). The summed E-state index contributed by atoms with van der Waals surface area (Å²) in [5.74, 6) is -0.358. The summed E-state index contributed by atoms with van der Waals surface area (Å²) in [4.78, 5) is 27.8. The fraction of sp³-hybridized carbons (Fsp3) is 0.636. The number of aliphatic hydroxyl groups is 1. The van der Waals surface area contributed by atoms with Crippen LogP contribution in [0.15, 0.2) is 30.3 Å². The monoisotopic (exact) mass is 389 g/mol. The summed E-state index contributed by atoms with van der Waals surface area (Å²) >= 11 is 0. The van der Waals surface area contributed by atoms with E-state index in [0.29, 0.717) is 0 Å². The van der Waals surface area contributed by atoms with Gasteiger partial charge in [0.1, 0.15) is 6.04 Å². The quantitative estimate of drug-likeness (QED) is 0.697. The molecule has 1 aromatic rings. The first-order valence-electron chi connectivity index (χ1n) is 10.1. The van der Waals surface area contributed by atoms with Gasteiger partial charge in [0.05, 0.1) is 18.2 Å². The van der Waals surface area contributed by atoms with Gasteiger partial charge in [-0.1, -0.05) is 65.0 Å². The number of rotatable bonds is 6. The minimum Gasteiger partial charge on any atom is -0.391 e. The van der Waals surface area contributed by atoms with Crippen molar-refractivity contribution in [1.82, 2.24) is 15.5 Å². The summed E-state index contributed by atoms with van der Waals surface area (Å²) in [6.07, 6.45) is -0.427. The fourth-order valence-electron chi connectivity index (χ4n) is 3.63. The molecule has 1 heterocycles. The maximum atomic E-state index is 13.3. The Bertz CT molecular complexity index is 669. The maximum absolute atomic E-state index is 13.3. The molecule has 0 bridgehead atoms. The van der Waals surface area contributed by atoms with Gasteiger partial charge in [0, 0.05) is 19.0 Å². The molecule has 0 aromatic heterocycles. The first kappa shape index (κ1) is 22.4. The molecule has 1 aliphatic rings. The van der Waals surface area contributed by atoms with Crippen LogP contribution in [0.4, 0.5) is 0 Å². The number of aliphatic hydroxyl groups excluding tert-OH is 1. The molecule has 6 nitrogen and oxygen atoms in total. The lowest BCUT2D eigenvalue weighted by molar-refractivity contribution is -0.142. The van der Waals surface area contributed by atoms with Crippen molar-refractivity contribution in [3.05, 3.63) is 35.9 Å². The lowest BCUT2D eigenvalue weighted by Gasteiger charge is -2.36. The van der Waals surface area contributed by atoms with Crippen LogP contribution >= 0.6 is 0 Å². The van der Waals surface area contributed by atoms with Crippen LogP contribution in [0.5, 0.6) is 0 Å². The smallest absolute Gasteiger partial charge is 0.243 e. The highest BCUT2D eigenvalue weighted by molar-refractivity contribution is 5.91. The number of likely N-dealkylation sites (tertiary alicyclic amines) is 1. The van der Waals surface area contributed by atoms with Crippen LogP contribution in [0.25, 0.3) is 0 Å². The van der Waals surface area contributed by atoms with Gasteiger partial charge >= 0.3 is 0 Å². The number of nitrogens with zero attached hydrogens (tertiary/aromatic N) is 1. The van der Waals surface area contributed by atoms with E-state index in [2.05, 4.69) is 10.6 Å². The highest BCUT2D eigenvalue weighted by Gasteiger charge is 2.44. The van der Waals surface area contributed by atoms with Crippen LogP contribution in [-0.2, 0) is 9.59 Å². The minimum absolute atomic E-state index is 0.131. The number of carbonyl (C=O) groups is 2. The van der Waals surface area contributed by atoms with Crippen molar-refractivity contribution in [2.24, 2.45) is 5.41 Å². The van der Waals surface area contributed by atoms with Gasteiger partial charge in [-0.2, -0.15) is 0 Å². The number of nitrogens with one attached hydrogen (secondary N) is 2. The van der Waals surface area contributed by atoms with Crippen molar-refractivity contribution in [2.75, 3.05) is 6.54 Å². The first-order valence-corrected chi connectivity index (χ1v) is 10.1. The Labute approximate surface area is 168 Å². The van der Waals surface area contributed by atoms with Crippen LogP contribution in [0.1, 0.15) is 59.6 Å². The Morgan fingerprint density at radius 2 is 1.75 bits per heavy atom. The third-order valence-electron chi connectivity index (χ3n) is 5.14. The molecule has 1 saturated heterocycles. The van der Waals surface area contributed by atoms with Gasteiger partial charge in [-0.25, -0.2) is 0 Å². The lowest BCUT2D eigenvalue weighted by atomic mass is 9.85. The van der Waals surface area contributed by atoms with E-state index >= 15 is 0 Å². The zero-order chi connectivity index (χ0) is 21.1. The molecule has 1 fully saturated rings. The molecule has 6 heteroatoms. The molecule has 1 aromatic carbocycles. The van der Waals surface area contributed by atoms with Gasteiger partial charge in [-0.05, 0) is 17.9 Å². The lowest BCUT2D eigenvalue weighted by Crippen LogP contribution is -2.57.